The number of benzene rings is 1. The molecule has 1 atom stereocenters. The molecule has 1 aromatic carbocycles. The Morgan fingerprint density at radius 1 is 1.17 bits per heavy atom. The van der Waals surface area contributed by atoms with Crippen LogP contribution < -0.4 is 10.6 Å². The maximum absolute atomic E-state index is 13.2. The molecule has 1 unspecified atom stereocenters. The molecule has 8 nitrogen and oxygen atoms in total. The fourth-order valence-corrected chi connectivity index (χ4v) is 5.35. The number of pyridine rings is 1. The van der Waals surface area contributed by atoms with Gasteiger partial charge in [0, 0.05) is 68.6 Å². The van der Waals surface area contributed by atoms with Crippen molar-refractivity contribution in [2.45, 2.75) is 31.8 Å². The summed E-state index contributed by atoms with van der Waals surface area (Å²) in [6.45, 7) is 2.27. The Labute approximate surface area is 217 Å². The van der Waals surface area contributed by atoms with Crippen LogP contribution >= 0.6 is 34.8 Å². The number of carbonyl (C=O) groups is 2. The van der Waals surface area contributed by atoms with Gasteiger partial charge >= 0.3 is 0 Å². The number of anilines is 1. The van der Waals surface area contributed by atoms with Crippen LogP contribution in [-0.2, 0) is 24.8 Å². The largest absolute Gasteiger partial charge is 0.352 e. The van der Waals surface area contributed by atoms with Crippen LogP contribution in [0.2, 0.25) is 15.2 Å². The van der Waals surface area contributed by atoms with Crippen molar-refractivity contribution in [3.63, 3.8) is 0 Å². The number of aromatic nitrogens is 3. The Morgan fingerprint density at radius 2 is 1.97 bits per heavy atom. The average molecular weight is 534 g/mol. The summed E-state index contributed by atoms with van der Waals surface area (Å²) in [5.74, 6) is 0.0772. The lowest BCUT2D eigenvalue weighted by Crippen LogP contribution is -2.41. The molecule has 1 saturated heterocycles. The van der Waals surface area contributed by atoms with Gasteiger partial charge in [-0.05, 0) is 18.6 Å². The molecule has 182 valence electrons. The van der Waals surface area contributed by atoms with Crippen molar-refractivity contribution in [3.8, 4) is 11.1 Å². The van der Waals surface area contributed by atoms with Crippen molar-refractivity contribution >= 4 is 52.3 Å². The second-order valence-corrected chi connectivity index (χ2v) is 9.87. The predicted molar refractivity (Wildman–Crippen MR) is 136 cm³/mol. The lowest BCUT2D eigenvalue weighted by molar-refractivity contribution is -0.119. The molecule has 2 aliphatic rings. The lowest BCUT2D eigenvalue weighted by atomic mass is 10.1. The van der Waals surface area contributed by atoms with Crippen molar-refractivity contribution < 1.29 is 9.59 Å². The fraction of sp³-hybridized carbons (Fsp3) is 0.333. The van der Waals surface area contributed by atoms with E-state index in [2.05, 4.69) is 25.5 Å². The number of carbonyl (C=O) groups excluding carboxylic acids is 2. The zero-order valence-corrected chi connectivity index (χ0v) is 21.2. The van der Waals surface area contributed by atoms with Gasteiger partial charge in [-0.3, -0.25) is 14.5 Å². The number of nitrogens with one attached hydrogen (secondary N) is 2. The Kier molecular flexibility index (Phi) is 6.72. The molecule has 0 bridgehead atoms. The van der Waals surface area contributed by atoms with E-state index in [-0.39, 0.29) is 28.0 Å². The van der Waals surface area contributed by atoms with E-state index < -0.39 is 0 Å². The number of hydrogen-bond donors (Lipinski definition) is 2. The van der Waals surface area contributed by atoms with Gasteiger partial charge in [0.2, 0.25) is 5.91 Å². The third-order valence-electron chi connectivity index (χ3n) is 6.49. The molecular weight excluding hydrogens is 511 g/mol. The van der Waals surface area contributed by atoms with Crippen LogP contribution in [0.3, 0.4) is 0 Å². The molecule has 1 fully saturated rings. The SMILES string of the molecule is Cn1c(C(=O)Nc2cccc(-c3ccnc(Cl)c3Cl)c2Cl)nc2c1CCN(CC1CCC(=O)N1)C2. The van der Waals surface area contributed by atoms with Crippen LogP contribution in [0.5, 0.6) is 0 Å². The van der Waals surface area contributed by atoms with Crippen molar-refractivity contribution in [1.29, 1.82) is 0 Å². The van der Waals surface area contributed by atoms with Crippen molar-refractivity contribution in [1.82, 2.24) is 24.8 Å². The number of halogens is 3. The Morgan fingerprint density at radius 3 is 2.74 bits per heavy atom. The number of amides is 2. The van der Waals surface area contributed by atoms with Crippen molar-refractivity contribution in [2.75, 3.05) is 18.4 Å². The first-order valence-corrected chi connectivity index (χ1v) is 12.4. The Bertz CT molecular complexity index is 1320. The van der Waals surface area contributed by atoms with E-state index >= 15 is 0 Å². The van der Waals surface area contributed by atoms with Crippen LogP contribution in [0.25, 0.3) is 11.1 Å². The molecule has 5 rings (SSSR count). The van der Waals surface area contributed by atoms with Gasteiger partial charge in [-0.2, -0.15) is 0 Å². The van der Waals surface area contributed by atoms with Gasteiger partial charge in [0.25, 0.3) is 5.91 Å². The zero-order valence-electron chi connectivity index (χ0n) is 18.9. The van der Waals surface area contributed by atoms with Crippen molar-refractivity contribution in [3.05, 3.63) is 62.9 Å². The van der Waals surface area contributed by atoms with Crippen molar-refractivity contribution in [2.24, 2.45) is 7.05 Å². The standard InChI is InChI=1S/C24H23Cl3N6O2/c1-32-18-8-10-33(11-13-5-6-19(34)29-13)12-17(18)30-23(32)24(35)31-16-4-2-3-14(20(16)25)15-7-9-28-22(27)21(15)26/h2-4,7,9,13H,5-6,8,10-12H2,1H3,(H,29,34)(H,31,35). The lowest BCUT2D eigenvalue weighted by Gasteiger charge is -2.28. The highest BCUT2D eigenvalue weighted by molar-refractivity contribution is 6.44. The molecule has 11 heteroatoms. The minimum Gasteiger partial charge on any atom is -0.352 e. The summed E-state index contributed by atoms with van der Waals surface area (Å²) in [4.78, 5) is 35.6. The average Bonchev–Trinajstić information content (AvgIpc) is 3.39. The highest BCUT2D eigenvalue weighted by Crippen LogP contribution is 2.39. The molecule has 4 heterocycles. The van der Waals surface area contributed by atoms with E-state index in [9.17, 15) is 9.59 Å². The number of imidazole rings is 1. The van der Waals surface area contributed by atoms with E-state index in [4.69, 9.17) is 34.8 Å². The fourth-order valence-electron chi connectivity index (χ4n) is 4.71. The Hall–Kier alpha value is -2.65. The first-order chi connectivity index (χ1) is 16.8. The van der Waals surface area contributed by atoms with Gasteiger partial charge in [-0.15, -0.1) is 0 Å². The first-order valence-electron chi connectivity index (χ1n) is 11.3. The second kappa shape index (κ2) is 9.78. The first kappa shape index (κ1) is 24.1. The third-order valence-corrected chi connectivity index (χ3v) is 7.66. The van der Waals surface area contributed by atoms with Crippen LogP contribution in [0, 0.1) is 0 Å². The molecule has 2 aliphatic heterocycles. The van der Waals surface area contributed by atoms with Gasteiger partial charge < -0.3 is 15.2 Å². The number of nitrogens with zero attached hydrogens (tertiary/aromatic N) is 4. The minimum atomic E-state index is -0.352. The van der Waals surface area contributed by atoms with Crippen LogP contribution in [0.1, 0.15) is 34.8 Å². The van der Waals surface area contributed by atoms with E-state index in [0.717, 1.165) is 37.3 Å². The normalized spacial score (nSPS) is 17.8. The number of fused-ring (bicyclic) bond motifs is 1. The molecule has 0 spiro atoms. The van der Waals surface area contributed by atoms with Gasteiger partial charge in [0.05, 0.1) is 21.4 Å². The Balaban J connectivity index is 1.34. The highest BCUT2D eigenvalue weighted by atomic mass is 35.5. The van der Waals surface area contributed by atoms with E-state index in [0.29, 0.717) is 40.6 Å². The van der Waals surface area contributed by atoms with E-state index in [1.165, 1.54) is 0 Å². The van der Waals surface area contributed by atoms with E-state index in [1.54, 1.807) is 30.5 Å². The van der Waals surface area contributed by atoms with Gasteiger partial charge in [0.1, 0.15) is 5.15 Å². The quantitative estimate of drug-likeness (QED) is 0.476. The summed E-state index contributed by atoms with van der Waals surface area (Å²) in [6, 6.07) is 7.20. The van der Waals surface area contributed by atoms with E-state index in [1.807, 2.05) is 11.6 Å². The predicted octanol–water partition coefficient (Wildman–Crippen LogP) is 4.33. The molecule has 2 amide bonds. The summed E-state index contributed by atoms with van der Waals surface area (Å²) in [5, 5.41) is 6.71. The third kappa shape index (κ3) is 4.76. The molecule has 0 saturated carbocycles. The zero-order chi connectivity index (χ0) is 24.7. The molecular formula is C24H23Cl3N6O2. The summed E-state index contributed by atoms with van der Waals surface area (Å²) < 4.78 is 1.84. The van der Waals surface area contributed by atoms with Crippen LogP contribution in [0.4, 0.5) is 5.69 Å². The summed E-state index contributed by atoms with van der Waals surface area (Å²) in [5.41, 5.74) is 3.62. The maximum atomic E-state index is 13.2. The molecule has 3 aromatic rings. The van der Waals surface area contributed by atoms with Crippen LogP contribution in [0.15, 0.2) is 30.5 Å². The molecule has 35 heavy (non-hydrogen) atoms. The maximum Gasteiger partial charge on any atom is 0.291 e. The van der Waals surface area contributed by atoms with Gasteiger partial charge in [-0.25, -0.2) is 9.97 Å². The molecule has 2 aromatic heterocycles. The smallest absolute Gasteiger partial charge is 0.291 e. The number of hydrogen-bond acceptors (Lipinski definition) is 5. The second-order valence-electron chi connectivity index (χ2n) is 8.76. The van der Waals surface area contributed by atoms with Gasteiger partial charge in [0.15, 0.2) is 5.82 Å². The monoisotopic (exact) mass is 532 g/mol. The summed E-state index contributed by atoms with van der Waals surface area (Å²) >= 11 is 19.0. The topological polar surface area (TPSA) is 92.2 Å². The molecule has 2 N–H and O–H groups in total. The number of rotatable bonds is 5. The van der Waals surface area contributed by atoms with Crippen LogP contribution in [-0.4, -0.2) is 50.4 Å². The summed E-state index contributed by atoms with van der Waals surface area (Å²) in [6.07, 6.45) is 3.77. The summed E-state index contributed by atoms with van der Waals surface area (Å²) in [7, 11) is 1.85. The minimum absolute atomic E-state index is 0.113. The highest BCUT2D eigenvalue weighted by Gasteiger charge is 2.29. The molecule has 0 radical (unpaired) electrons. The van der Waals surface area contributed by atoms with Gasteiger partial charge in [-0.1, -0.05) is 46.9 Å². The molecule has 0 aliphatic carbocycles.